The van der Waals surface area contributed by atoms with E-state index < -0.39 is 0 Å². The van der Waals surface area contributed by atoms with Gasteiger partial charge < -0.3 is 14.8 Å². The van der Waals surface area contributed by atoms with Gasteiger partial charge in [-0.05, 0) is 20.2 Å². The molecule has 1 aliphatic rings. The summed E-state index contributed by atoms with van der Waals surface area (Å²) >= 11 is 1.60. The zero-order valence-corrected chi connectivity index (χ0v) is 13.7. The van der Waals surface area contributed by atoms with Crippen molar-refractivity contribution in [3.63, 3.8) is 0 Å². The van der Waals surface area contributed by atoms with E-state index in [1.165, 1.54) is 0 Å². The van der Waals surface area contributed by atoms with Crippen LogP contribution in [-0.2, 0) is 6.54 Å². The van der Waals surface area contributed by atoms with Gasteiger partial charge in [0.05, 0.1) is 12.1 Å². The fourth-order valence-electron chi connectivity index (χ4n) is 2.50. The van der Waals surface area contributed by atoms with Gasteiger partial charge in [0.1, 0.15) is 0 Å². The van der Waals surface area contributed by atoms with Gasteiger partial charge >= 0.3 is 0 Å². The van der Waals surface area contributed by atoms with Crippen LogP contribution >= 0.6 is 11.8 Å². The number of aromatic nitrogens is 1. The van der Waals surface area contributed by atoms with E-state index in [4.69, 9.17) is 0 Å². The number of thioether (sulfide) groups is 1. The second-order valence-electron chi connectivity index (χ2n) is 5.55. The summed E-state index contributed by atoms with van der Waals surface area (Å²) in [6.45, 7) is 2.57. The van der Waals surface area contributed by atoms with E-state index in [1.54, 1.807) is 11.8 Å². The molecular formula is C16H20N4OS. The summed E-state index contributed by atoms with van der Waals surface area (Å²) in [5.41, 5.74) is 1.81. The van der Waals surface area contributed by atoms with Gasteiger partial charge in [0.2, 0.25) is 0 Å². The Morgan fingerprint density at radius 2 is 2.23 bits per heavy atom. The molecule has 1 aromatic heterocycles. The maximum absolute atomic E-state index is 12.5. The number of benzene rings is 1. The number of amidine groups is 1. The Morgan fingerprint density at radius 3 is 2.95 bits per heavy atom. The molecule has 0 fully saturated rings. The molecule has 1 aromatic carbocycles. The van der Waals surface area contributed by atoms with Crippen LogP contribution < -0.4 is 5.32 Å². The molecule has 1 amide bonds. The topological polar surface area (TPSA) is 49.6 Å². The first-order valence-corrected chi connectivity index (χ1v) is 8.35. The van der Waals surface area contributed by atoms with E-state index >= 15 is 0 Å². The number of hydrogen-bond donors (Lipinski definition) is 1. The van der Waals surface area contributed by atoms with Gasteiger partial charge in [-0.1, -0.05) is 30.0 Å². The SMILES string of the molecule is CN(C)CCn1cc(C(=O)NC2=NCCS2)c2ccccc21. The Bertz CT molecular complexity index is 720. The third-order valence-corrected chi connectivity index (χ3v) is 4.52. The molecule has 0 bridgehead atoms. The van der Waals surface area contributed by atoms with Gasteiger partial charge in [-0.3, -0.25) is 9.79 Å². The summed E-state index contributed by atoms with van der Waals surface area (Å²) in [5.74, 6) is 0.869. The van der Waals surface area contributed by atoms with Crippen molar-refractivity contribution in [1.29, 1.82) is 0 Å². The van der Waals surface area contributed by atoms with E-state index in [9.17, 15) is 4.79 Å². The summed E-state index contributed by atoms with van der Waals surface area (Å²) in [5, 5.41) is 4.64. The maximum atomic E-state index is 12.5. The fraction of sp³-hybridized carbons (Fsp3) is 0.375. The Hall–Kier alpha value is -1.79. The monoisotopic (exact) mass is 316 g/mol. The first kappa shape index (κ1) is 15.1. The van der Waals surface area contributed by atoms with Crippen LogP contribution in [0, 0.1) is 0 Å². The molecule has 0 aliphatic carbocycles. The lowest BCUT2D eigenvalue weighted by atomic mass is 10.1. The van der Waals surface area contributed by atoms with Crippen LogP contribution in [0.5, 0.6) is 0 Å². The maximum Gasteiger partial charge on any atom is 0.259 e. The highest BCUT2D eigenvalue weighted by atomic mass is 32.2. The number of aliphatic imine (C=N–C) groups is 1. The molecule has 6 heteroatoms. The lowest BCUT2D eigenvalue weighted by Gasteiger charge is -2.10. The normalized spacial score (nSPS) is 14.6. The van der Waals surface area contributed by atoms with Gasteiger partial charge in [0, 0.05) is 35.9 Å². The summed E-state index contributed by atoms with van der Waals surface area (Å²) in [6.07, 6.45) is 1.95. The van der Waals surface area contributed by atoms with Gasteiger partial charge in [-0.15, -0.1) is 0 Å². The Kier molecular flexibility index (Phi) is 4.49. The van der Waals surface area contributed by atoms with Crippen LogP contribution in [0.25, 0.3) is 10.9 Å². The molecule has 0 unspecified atom stereocenters. The molecule has 22 heavy (non-hydrogen) atoms. The number of amides is 1. The molecule has 0 saturated heterocycles. The highest BCUT2D eigenvalue weighted by Gasteiger charge is 2.17. The predicted octanol–water partition coefficient (Wildman–Crippen LogP) is 2.04. The Labute approximate surface area is 134 Å². The molecule has 2 aromatic rings. The number of hydrogen-bond acceptors (Lipinski definition) is 4. The summed E-state index contributed by atoms with van der Waals surface area (Å²) in [6, 6.07) is 8.04. The summed E-state index contributed by atoms with van der Waals surface area (Å²) < 4.78 is 2.15. The van der Waals surface area contributed by atoms with E-state index in [0.29, 0.717) is 5.56 Å². The second kappa shape index (κ2) is 6.54. The zero-order chi connectivity index (χ0) is 15.5. The fourth-order valence-corrected chi connectivity index (χ4v) is 3.22. The standard InChI is InChI=1S/C16H20N4OS/c1-19(2)8-9-20-11-13(12-5-3-4-6-14(12)20)15(21)18-16-17-7-10-22-16/h3-6,11H,7-10H2,1-2H3,(H,17,18,21). The van der Waals surface area contributed by atoms with Crippen LogP contribution in [0.15, 0.2) is 35.5 Å². The lowest BCUT2D eigenvalue weighted by Crippen LogP contribution is -2.27. The Balaban J connectivity index is 1.89. The summed E-state index contributed by atoms with van der Waals surface area (Å²) in [4.78, 5) is 19.0. The van der Waals surface area contributed by atoms with Crippen molar-refractivity contribution in [2.75, 3.05) is 32.9 Å². The van der Waals surface area contributed by atoms with Crippen LogP contribution in [0.4, 0.5) is 0 Å². The number of fused-ring (bicyclic) bond motifs is 1. The molecular weight excluding hydrogens is 296 g/mol. The molecule has 3 rings (SSSR count). The van der Waals surface area contributed by atoms with Crippen LogP contribution in [-0.4, -0.2) is 53.5 Å². The van der Waals surface area contributed by atoms with Crippen molar-refractivity contribution in [2.45, 2.75) is 6.54 Å². The number of carbonyl (C=O) groups excluding carboxylic acids is 1. The minimum Gasteiger partial charge on any atom is -0.345 e. The molecule has 1 aliphatic heterocycles. The third-order valence-electron chi connectivity index (χ3n) is 3.63. The highest BCUT2D eigenvalue weighted by molar-refractivity contribution is 8.14. The molecule has 5 nitrogen and oxygen atoms in total. The molecule has 0 saturated carbocycles. The number of likely N-dealkylation sites (N-methyl/N-ethyl adjacent to an activating group) is 1. The predicted molar refractivity (Wildman–Crippen MR) is 92.7 cm³/mol. The van der Waals surface area contributed by atoms with Crippen molar-refractivity contribution in [2.24, 2.45) is 4.99 Å². The number of carbonyl (C=O) groups is 1. The number of nitrogens with zero attached hydrogens (tertiary/aromatic N) is 3. The average Bonchev–Trinajstić information content (AvgIpc) is 3.12. The van der Waals surface area contributed by atoms with Crippen molar-refractivity contribution in [3.05, 3.63) is 36.0 Å². The van der Waals surface area contributed by atoms with Gasteiger partial charge in [0.25, 0.3) is 5.91 Å². The van der Waals surface area contributed by atoms with Crippen molar-refractivity contribution >= 4 is 33.7 Å². The number of rotatable bonds is 4. The van der Waals surface area contributed by atoms with Gasteiger partial charge in [-0.25, -0.2) is 0 Å². The number of para-hydroxylation sites is 1. The van der Waals surface area contributed by atoms with E-state index in [0.717, 1.165) is 41.5 Å². The minimum atomic E-state index is -0.0760. The quantitative estimate of drug-likeness (QED) is 0.939. The largest absolute Gasteiger partial charge is 0.345 e. The van der Waals surface area contributed by atoms with Crippen molar-refractivity contribution in [1.82, 2.24) is 14.8 Å². The summed E-state index contributed by atoms with van der Waals surface area (Å²) in [7, 11) is 4.10. The number of nitrogens with one attached hydrogen (secondary N) is 1. The third kappa shape index (κ3) is 3.18. The van der Waals surface area contributed by atoms with E-state index in [1.807, 2.05) is 24.4 Å². The van der Waals surface area contributed by atoms with Crippen molar-refractivity contribution < 1.29 is 4.79 Å². The molecule has 0 atom stereocenters. The lowest BCUT2D eigenvalue weighted by molar-refractivity contribution is 0.0979. The van der Waals surface area contributed by atoms with Crippen LogP contribution in [0.3, 0.4) is 0 Å². The minimum absolute atomic E-state index is 0.0760. The molecule has 2 heterocycles. The van der Waals surface area contributed by atoms with E-state index in [-0.39, 0.29) is 5.91 Å². The van der Waals surface area contributed by atoms with E-state index in [2.05, 4.69) is 39.9 Å². The van der Waals surface area contributed by atoms with Gasteiger partial charge in [-0.2, -0.15) is 0 Å². The molecule has 116 valence electrons. The first-order valence-electron chi connectivity index (χ1n) is 7.36. The molecule has 0 spiro atoms. The highest BCUT2D eigenvalue weighted by Crippen LogP contribution is 2.22. The van der Waals surface area contributed by atoms with Crippen LogP contribution in [0.1, 0.15) is 10.4 Å². The van der Waals surface area contributed by atoms with Crippen molar-refractivity contribution in [3.8, 4) is 0 Å². The second-order valence-corrected chi connectivity index (χ2v) is 6.63. The van der Waals surface area contributed by atoms with Gasteiger partial charge in [0.15, 0.2) is 5.17 Å². The zero-order valence-electron chi connectivity index (χ0n) is 12.9. The average molecular weight is 316 g/mol. The van der Waals surface area contributed by atoms with Crippen LogP contribution in [0.2, 0.25) is 0 Å². The smallest absolute Gasteiger partial charge is 0.259 e. The molecule has 1 N–H and O–H groups in total. The Morgan fingerprint density at radius 1 is 1.41 bits per heavy atom. The molecule has 0 radical (unpaired) electrons. The first-order chi connectivity index (χ1) is 10.6.